The van der Waals surface area contributed by atoms with E-state index >= 15 is 0 Å². The van der Waals surface area contributed by atoms with Crippen LogP contribution in [0.1, 0.15) is 18.4 Å². The van der Waals surface area contributed by atoms with Crippen LogP contribution < -0.4 is 10.6 Å². The molecule has 1 aromatic carbocycles. The molecule has 0 radical (unpaired) electrons. The minimum atomic E-state index is 0.275. The van der Waals surface area contributed by atoms with Crippen molar-refractivity contribution in [2.45, 2.75) is 18.3 Å². The maximum Gasteiger partial charge on any atom is 0.191 e. The van der Waals surface area contributed by atoms with Gasteiger partial charge in [-0.05, 0) is 30.7 Å². The first-order chi connectivity index (χ1) is 9.72. The molecule has 1 aliphatic rings. The lowest BCUT2D eigenvalue weighted by molar-refractivity contribution is 0.645. The summed E-state index contributed by atoms with van der Waals surface area (Å²) < 4.78 is 1.21. The van der Waals surface area contributed by atoms with Crippen molar-refractivity contribution < 1.29 is 0 Å². The molecule has 0 aliphatic heterocycles. The lowest BCUT2D eigenvalue weighted by Gasteiger charge is -2.20. The van der Waals surface area contributed by atoms with Gasteiger partial charge >= 0.3 is 0 Å². The van der Waals surface area contributed by atoms with Crippen LogP contribution >= 0.6 is 27.7 Å². The molecule has 5 heteroatoms. The van der Waals surface area contributed by atoms with Gasteiger partial charge in [-0.15, -0.1) is 0 Å². The maximum absolute atomic E-state index is 4.28. The van der Waals surface area contributed by atoms with Gasteiger partial charge in [-0.25, -0.2) is 0 Å². The quantitative estimate of drug-likeness (QED) is 0.467. The Morgan fingerprint density at radius 2 is 2.10 bits per heavy atom. The third-order valence-corrected chi connectivity index (χ3v) is 5.02. The van der Waals surface area contributed by atoms with Gasteiger partial charge in [0.25, 0.3) is 0 Å². The number of nitrogens with zero attached hydrogens (tertiary/aromatic N) is 1. The molecule has 1 aromatic rings. The molecule has 1 saturated carbocycles. The number of rotatable bonds is 6. The summed E-state index contributed by atoms with van der Waals surface area (Å²) in [5.41, 5.74) is 1.68. The van der Waals surface area contributed by atoms with Gasteiger partial charge in [-0.1, -0.05) is 34.1 Å². The molecular formula is C15H22BrN3S. The largest absolute Gasteiger partial charge is 0.356 e. The van der Waals surface area contributed by atoms with Crippen molar-refractivity contribution in [3.8, 4) is 0 Å². The fourth-order valence-electron chi connectivity index (χ4n) is 2.33. The predicted octanol–water partition coefficient (Wildman–Crippen LogP) is 3.01. The lowest BCUT2D eigenvalue weighted by Crippen LogP contribution is -2.42. The minimum Gasteiger partial charge on any atom is -0.356 e. The fraction of sp³-hybridized carbons (Fsp3) is 0.533. The molecule has 3 nitrogen and oxygen atoms in total. The molecule has 0 aromatic heterocycles. The molecule has 0 bridgehead atoms. The third-order valence-electron chi connectivity index (χ3n) is 3.72. The highest BCUT2D eigenvalue weighted by Crippen LogP contribution is 2.49. The summed E-state index contributed by atoms with van der Waals surface area (Å²) in [4.78, 5) is 4.28. The van der Waals surface area contributed by atoms with Crippen molar-refractivity contribution >= 4 is 33.7 Å². The molecule has 0 amide bonds. The Kier molecular flexibility index (Phi) is 5.78. The van der Waals surface area contributed by atoms with Gasteiger partial charge in [0, 0.05) is 35.8 Å². The van der Waals surface area contributed by atoms with Crippen molar-refractivity contribution in [1.82, 2.24) is 10.6 Å². The van der Waals surface area contributed by atoms with Crippen molar-refractivity contribution in [3.05, 3.63) is 34.3 Å². The molecule has 1 aliphatic carbocycles. The SMILES string of the molecule is CN=C(NCCSC)NCC1(c2ccccc2Br)CC1. The molecule has 0 spiro atoms. The van der Waals surface area contributed by atoms with Crippen LogP contribution in [0.4, 0.5) is 0 Å². The average molecular weight is 356 g/mol. The summed E-state index contributed by atoms with van der Waals surface area (Å²) in [5, 5.41) is 6.81. The highest BCUT2D eigenvalue weighted by atomic mass is 79.9. The highest BCUT2D eigenvalue weighted by Gasteiger charge is 2.45. The number of hydrogen-bond acceptors (Lipinski definition) is 2. The Labute approximate surface area is 134 Å². The van der Waals surface area contributed by atoms with Crippen LogP contribution in [-0.2, 0) is 5.41 Å². The standard InChI is InChI=1S/C15H22BrN3S/c1-17-14(18-9-10-20-2)19-11-15(7-8-15)12-5-3-4-6-13(12)16/h3-6H,7-11H2,1-2H3,(H2,17,18,19). The highest BCUT2D eigenvalue weighted by molar-refractivity contribution is 9.10. The van der Waals surface area contributed by atoms with Gasteiger partial charge in [0.2, 0.25) is 0 Å². The Morgan fingerprint density at radius 1 is 1.35 bits per heavy atom. The van der Waals surface area contributed by atoms with E-state index in [9.17, 15) is 0 Å². The van der Waals surface area contributed by atoms with E-state index in [4.69, 9.17) is 0 Å². The van der Waals surface area contributed by atoms with E-state index in [1.54, 1.807) is 0 Å². The summed E-state index contributed by atoms with van der Waals surface area (Å²) in [5.74, 6) is 1.99. The molecule has 2 rings (SSSR count). The van der Waals surface area contributed by atoms with Crippen LogP contribution in [0, 0.1) is 0 Å². The minimum absolute atomic E-state index is 0.275. The molecule has 0 heterocycles. The molecule has 110 valence electrons. The van der Waals surface area contributed by atoms with Crippen molar-refractivity contribution in [3.63, 3.8) is 0 Å². The van der Waals surface area contributed by atoms with Crippen LogP contribution in [0.2, 0.25) is 0 Å². The summed E-state index contributed by atoms with van der Waals surface area (Å²) >= 11 is 5.51. The smallest absolute Gasteiger partial charge is 0.191 e. The van der Waals surface area contributed by atoms with Crippen molar-refractivity contribution in [1.29, 1.82) is 0 Å². The fourth-order valence-corrected chi connectivity index (χ4v) is 3.34. The second kappa shape index (κ2) is 7.36. The Balaban J connectivity index is 1.91. The van der Waals surface area contributed by atoms with E-state index in [1.807, 2.05) is 18.8 Å². The van der Waals surface area contributed by atoms with E-state index < -0.39 is 0 Å². The maximum atomic E-state index is 4.28. The molecule has 0 unspecified atom stereocenters. The molecule has 2 N–H and O–H groups in total. The molecule has 20 heavy (non-hydrogen) atoms. The molecule has 1 fully saturated rings. The third kappa shape index (κ3) is 3.92. The zero-order valence-electron chi connectivity index (χ0n) is 12.1. The van der Waals surface area contributed by atoms with E-state index in [2.05, 4.69) is 62.1 Å². The van der Waals surface area contributed by atoms with Crippen LogP contribution in [0.3, 0.4) is 0 Å². The Bertz CT molecular complexity index is 472. The summed E-state index contributed by atoms with van der Waals surface area (Å²) in [6.07, 6.45) is 4.60. The van der Waals surface area contributed by atoms with E-state index in [0.29, 0.717) is 0 Å². The summed E-state index contributed by atoms with van der Waals surface area (Å²) in [6.45, 7) is 1.89. The number of halogens is 1. The van der Waals surface area contributed by atoms with Crippen molar-refractivity contribution in [2.75, 3.05) is 32.1 Å². The normalized spacial score (nSPS) is 16.9. The van der Waals surface area contributed by atoms with Crippen LogP contribution in [-0.4, -0.2) is 38.1 Å². The van der Waals surface area contributed by atoms with Crippen LogP contribution in [0.25, 0.3) is 0 Å². The molecular weight excluding hydrogens is 334 g/mol. The van der Waals surface area contributed by atoms with Gasteiger partial charge in [-0.3, -0.25) is 4.99 Å². The van der Waals surface area contributed by atoms with Gasteiger partial charge in [-0.2, -0.15) is 11.8 Å². The van der Waals surface area contributed by atoms with E-state index in [1.165, 1.54) is 22.9 Å². The van der Waals surface area contributed by atoms with Gasteiger partial charge in [0.15, 0.2) is 5.96 Å². The number of hydrogen-bond donors (Lipinski definition) is 2. The molecule has 0 saturated heterocycles. The van der Waals surface area contributed by atoms with Crippen molar-refractivity contribution in [2.24, 2.45) is 4.99 Å². The van der Waals surface area contributed by atoms with Crippen LogP contribution in [0.5, 0.6) is 0 Å². The lowest BCUT2D eigenvalue weighted by atomic mass is 9.96. The number of aliphatic imine (C=N–C) groups is 1. The zero-order valence-corrected chi connectivity index (χ0v) is 14.5. The monoisotopic (exact) mass is 355 g/mol. The Hall–Kier alpha value is -0.680. The zero-order chi connectivity index (χ0) is 14.4. The summed E-state index contributed by atoms with van der Waals surface area (Å²) in [7, 11) is 1.83. The number of nitrogens with one attached hydrogen (secondary N) is 2. The van der Waals surface area contributed by atoms with Gasteiger partial charge < -0.3 is 10.6 Å². The Morgan fingerprint density at radius 3 is 2.70 bits per heavy atom. The average Bonchev–Trinajstić information content (AvgIpc) is 3.24. The number of thioether (sulfide) groups is 1. The van der Waals surface area contributed by atoms with Crippen LogP contribution in [0.15, 0.2) is 33.7 Å². The predicted molar refractivity (Wildman–Crippen MR) is 92.8 cm³/mol. The second-order valence-corrected chi connectivity index (χ2v) is 6.95. The first-order valence-electron chi connectivity index (χ1n) is 6.90. The second-order valence-electron chi connectivity index (χ2n) is 5.11. The number of guanidine groups is 1. The topological polar surface area (TPSA) is 36.4 Å². The first kappa shape index (κ1) is 15.7. The summed E-state index contributed by atoms with van der Waals surface area (Å²) in [6, 6.07) is 8.54. The van der Waals surface area contributed by atoms with Gasteiger partial charge in [0.1, 0.15) is 0 Å². The van der Waals surface area contributed by atoms with Gasteiger partial charge in [0.05, 0.1) is 0 Å². The molecule has 0 atom stereocenters. The van der Waals surface area contributed by atoms with E-state index in [0.717, 1.165) is 24.8 Å². The number of benzene rings is 1. The van der Waals surface area contributed by atoms with E-state index in [-0.39, 0.29) is 5.41 Å². The first-order valence-corrected chi connectivity index (χ1v) is 9.09.